The Balaban J connectivity index is 2.64. The van der Waals surface area contributed by atoms with Crippen molar-refractivity contribution in [3.05, 3.63) is 15.9 Å². The molecule has 0 aliphatic heterocycles. The summed E-state index contributed by atoms with van der Waals surface area (Å²) < 4.78 is 3.12. The van der Waals surface area contributed by atoms with E-state index >= 15 is 0 Å². The van der Waals surface area contributed by atoms with Gasteiger partial charge in [-0.15, -0.1) is 0 Å². The summed E-state index contributed by atoms with van der Waals surface area (Å²) in [5, 5.41) is 18.3. The van der Waals surface area contributed by atoms with Crippen LogP contribution in [0.25, 0.3) is 0 Å². The number of aryl methyl sites for hydroxylation is 2. The van der Waals surface area contributed by atoms with Crippen LogP contribution < -0.4 is 5.32 Å². The van der Waals surface area contributed by atoms with Gasteiger partial charge in [0.2, 0.25) is 0 Å². The number of aromatic nitrogens is 2. The fourth-order valence-corrected chi connectivity index (χ4v) is 3.29. The van der Waals surface area contributed by atoms with E-state index in [0.717, 1.165) is 41.8 Å². The first-order chi connectivity index (χ1) is 9.30. The van der Waals surface area contributed by atoms with Crippen LogP contribution >= 0.6 is 15.9 Å². The van der Waals surface area contributed by atoms with Crippen LogP contribution in [-0.2, 0) is 19.5 Å². The second-order valence-corrected chi connectivity index (χ2v) is 6.87. The molecule has 0 amide bonds. The molecule has 0 radical (unpaired) electrons. The molecule has 4 nitrogen and oxygen atoms in total. The van der Waals surface area contributed by atoms with Gasteiger partial charge in [-0.2, -0.15) is 5.10 Å². The van der Waals surface area contributed by atoms with Crippen molar-refractivity contribution in [2.75, 3.05) is 6.54 Å². The van der Waals surface area contributed by atoms with Crippen LogP contribution in [0.5, 0.6) is 0 Å². The number of nitrogens with zero attached hydrogens (tertiary/aromatic N) is 2. The molecule has 1 aromatic rings. The Morgan fingerprint density at radius 3 is 2.55 bits per heavy atom. The van der Waals surface area contributed by atoms with Crippen molar-refractivity contribution in [3.63, 3.8) is 0 Å². The van der Waals surface area contributed by atoms with E-state index < -0.39 is 5.60 Å². The Morgan fingerprint density at radius 1 is 1.40 bits per heavy atom. The second-order valence-electron chi connectivity index (χ2n) is 6.08. The van der Waals surface area contributed by atoms with E-state index in [-0.39, 0.29) is 0 Å². The number of nitrogens with one attached hydrogen (secondary N) is 1. The summed E-state index contributed by atoms with van der Waals surface area (Å²) >= 11 is 3.64. The van der Waals surface area contributed by atoms with Crippen molar-refractivity contribution in [3.8, 4) is 0 Å². The van der Waals surface area contributed by atoms with Crippen LogP contribution in [0.4, 0.5) is 0 Å². The van der Waals surface area contributed by atoms with Crippen molar-refractivity contribution < 1.29 is 5.11 Å². The van der Waals surface area contributed by atoms with Gasteiger partial charge in [0.05, 0.1) is 21.5 Å². The van der Waals surface area contributed by atoms with E-state index in [2.05, 4.69) is 54.0 Å². The lowest BCUT2D eigenvalue weighted by molar-refractivity contribution is 0.0381. The number of hydrogen-bond acceptors (Lipinski definition) is 3. The fraction of sp³-hybridized carbons (Fsp3) is 0.800. The highest BCUT2D eigenvalue weighted by Gasteiger charge is 2.22. The summed E-state index contributed by atoms with van der Waals surface area (Å²) in [6.45, 7) is 12.5. The first-order valence-corrected chi connectivity index (χ1v) is 8.27. The standard InChI is InChI=1S/C15H28BrN3O/c1-6-12-14(16)13(19(7-2)18-12)9-17-10-15(5,20)8-11(3)4/h11,17,20H,6-10H2,1-5H3. The molecule has 1 atom stereocenters. The molecule has 0 bridgehead atoms. The zero-order valence-corrected chi connectivity index (χ0v) is 14.9. The lowest BCUT2D eigenvalue weighted by Crippen LogP contribution is -2.39. The highest BCUT2D eigenvalue weighted by atomic mass is 79.9. The van der Waals surface area contributed by atoms with Crippen LogP contribution in [0.15, 0.2) is 4.47 Å². The van der Waals surface area contributed by atoms with Crippen molar-refractivity contribution in [1.29, 1.82) is 0 Å². The maximum absolute atomic E-state index is 10.3. The van der Waals surface area contributed by atoms with Crippen molar-refractivity contribution >= 4 is 15.9 Å². The maximum atomic E-state index is 10.3. The first-order valence-electron chi connectivity index (χ1n) is 7.47. The second kappa shape index (κ2) is 7.57. The van der Waals surface area contributed by atoms with Crippen molar-refractivity contribution in [1.82, 2.24) is 15.1 Å². The molecular formula is C15H28BrN3O. The molecule has 0 fully saturated rings. The normalized spacial score (nSPS) is 14.8. The van der Waals surface area contributed by atoms with Gasteiger partial charge in [0.15, 0.2) is 0 Å². The van der Waals surface area contributed by atoms with E-state index in [9.17, 15) is 5.11 Å². The van der Waals surface area contributed by atoms with Crippen LogP contribution in [0.2, 0.25) is 0 Å². The molecule has 0 aliphatic carbocycles. The number of hydrogen-bond donors (Lipinski definition) is 2. The summed E-state index contributed by atoms with van der Waals surface area (Å²) in [4.78, 5) is 0. The maximum Gasteiger partial charge on any atom is 0.0767 e. The van der Waals surface area contributed by atoms with Crippen molar-refractivity contribution in [2.24, 2.45) is 5.92 Å². The van der Waals surface area contributed by atoms with Gasteiger partial charge in [-0.25, -0.2) is 0 Å². The van der Waals surface area contributed by atoms with E-state index in [4.69, 9.17) is 0 Å². The lowest BCUT2D eigenvalue weighted by Gasteiger charge is -2.25. The predicted octanol–water partition coefficient (Wildman–Crippen LogP) is 3.11. The summed E-state index contributed by atoms with van der Waals surface area (Å²) in [7, 11) is 0. The van der Waals surface area contributed by atoms with E-state index in [0.29, 0.717) is 12.5 Å². The average Bonchev–Trinajstić information content (AvgIpc) is 2.64. The topological polar surface area (TPSA) is 50.1 Å². The average molecular weight is 346 g/mol. The SMILES string of the molecule is CCc1nn(CC)c(CNCC(C)(O)CC(C)C)c1Br. The van der Waals surface area contributed by atoms with Gasteiger partial charge >= 0.3 is 0 Å². The van der Waals surface area contributed by atoms with Crippen molar-refractivity contribution in [2.45, 2.75) is 66.2 Å². The van der Waals surface area contributed by atoms with Gasteiger partial charge < -0.3 is 10.4 Å². The summed E-state index contributed by atoms with van der Waals surface area (Å²) in [6, 6.07) is 0. The molecule has 1 unspecified atom stereocenters. The monoisotopic (exact) mass is 345 g/mol. The molecule has 0 saturated heterocycles. The van der Waals surface area contributed by atoms with Gasteiger partial charge in [0.25, 0.3) is 0 Å². The molecule has 0 aliphatic rings. The zero-order chi connectivity index (χ0) is 15.3. The summed E-state index contributed by atoms with van der Waals surface area (Å²) in [6.07, 6.45) is 1.72. The Hall–Kier alpha value is -0.390. The number of rotatable bonds is 8. The molecule has 0 spiro atoms. The molecule has 0 saturated carbocycles. The molecule has 1 heterocycles. The summed E-state index contributed by atoms with van der Waals surface area (Å²) in [5.41, 5.74) is 1.59. The molecule has 20 heavy (non-hydrogen) atoms. The van der Waals surface area contributed by atoms with Crippen LogP contribution in [0.1, 0.15) is 52.4 Å². The molecule has 5 heteroatoms. The Kier molecular flexibility index (Phi) is 6.69. The highest BCUT2D eigenvalue weighted by molar-refractivity contribution is 9.10. The van der Waals surface area contributed by atoms with Crippen LogP contribution in [-0.4, -0.2) is 27.0 Å². The third kappa shape index (κ3) is 4.86. The van der Waals surface area contributed by atoms with E-state index in [1.807, 2.05) is 11.6 Å². The van der Waals surface area contributed by atoms with E-state index in [1.165, 1.54) is 0 Å². The quantitative estimate of drug-likeness (QED) is 0.760. The van der Waals surface area contributed by atoms with Crippen LogP contribution in [0, 0.1) is 5.92 Å². The van der Waals surface area contributed by atoms with Gasteiger partial charge in [0, 0.05) is 19.6 Å². The minimum Gasteiger partial charge on any atom is -0.389 e. The molecule has 1 aromatic heterocycles. The third-order valence-corrected chi connectivity index (χ3v) is 4.26. The largest absolute Gasteiger partial charge is 0.389 e. The van der Waals surface area contributed by atoms with Gasteiger partial charge in [-0.3, -0.25) is 4.68 Å². The highest BCUT2D eigenvalue weighted by Crippen LogP contribution is 2.22. The molecule has 2 N–H and O–H groups in total. The van der Waals surface area contributed by atoms with Gasteiger partial charge in [-0.05, 0) is 48.5 Å². The molecule has 1 rings (SSSR count). The van der Waals surface area contributed by atoms with Gasteiger partial charge in [-0.1, -0.05) is 20.8 Å². The minimum atomic E-state index is -0.661. The number of aliphatic hydroxyl groups is 1. The minimum absolute atomic E-state index is 0.492. The fourth-order valence-electron chi connectivity index (χ4n) is 2.59. The third-order valence-electron chi connectivity index (χ3n) is 3.34. The Morgan fingerprint density at radius 2 is 2.05 bits per heavy atom. The molecular weight excluding hydrogens is 318 g/mol. The first kappa shape index (κ1) is 17.7. The molecule has 0 aromatic carbocycles. The summed E-state index contributed by atoms with van der Waals surface area (Å²) in [5.74, 6) is 0.492. The lowest BCUT2D eigenvalue weighted by atomic mass is 9.94. The molecule has 116 valence electrons. The Bertz CT molecular complexity index is 427. The van der Waals surface area contributed by atoms with Crippen LogP contribution in [0.3, 0.4) is 0 Å². The number of halogens is 1. The van der Waals surface area contributed by atoms with E-state index in [1.54, 1.807) is 0 Å². The smallest absolute Gasteiger partial charge is 0.0767 e. The Labute approximate surface area is 131 Å². The van der Waals surface area contributed by atoms with Gasteiger partial charge in [0.1, 0.15) is 0 Å². The predicted molar refractivity (Wildman–Crippen MR) is 86.8 cm³/mol. The zero-order valence-electron chi connectivity index (χ0n) is 13.3.